The summed E-state index contributed by atoms with van der Waals surface area (Å²) in [5.74, 6) is -1.56. The van der Waals surface area contributed by atoms with Gasteiger partial charge in [-0.05, 0) is 85.8 Å². The van der Waals surface area contributed by atoms with E-state index < -0.39 is 12.1 Å². The average Bonchev–Trinajstić information content (AvgIpc) is 3.70. The number of anilines is 1. The van der Waals surface area contributed by atoms with Crippen LogP contribution >= 0.6 is 27.5 Å². The van der Waals surface area contributed by atoms with Crippen molar-refractivity contribution in [3.8, 4) is 11.3 Å². The summed E-state index contributed by atoms with van der Waals surface area (Å²) in [7, 11) is 0. The molecule has 2 amide bonds. The molecule has 3 aromatic carbocycles. The summed E-state index contributed by atoms with van der Waals surface area (Å²) in [6, 6.07) is 20.5. The number of amides is 2. The highest BCUT2D eigenvalue weighted by Gasteiger charge is 2.59. The third-order valence-corrected chi connectivity index (χ3v) is 9.41. The van der Waals surface area contributed by atoms with E-state index in [-0.39, 0.29) is 46.8 Å². The molecule has 2 aliphatic carbocycles. The highest BCUT2D eigenvalue weighted by molar-refractivity contribution is 9.10. The Morgan fingerprint density at radius 3 is 2.23 bits per heavy atom. The minimum absolute atomic E-state index is 0.138. The van der Waals surface area contributed by atoms with E-state index in [1.165, 1.54) is 11.8 Å². The first-order valence-electron chi connectivity index (χ1n) is 14.0. The van der Waals surface area contributed by atoms with Gasteiger partial charge in [0, 0.05) is 26.0 Å². The Kier molecular flexibility index (Phi) is 6.78. The summed E-state index contributed by atoms with van der Waals surface area (Å²) in [6.07, 6.45) is 3.99. The molecular weight excluding hydrogens is 632 g/mol. The molecule has 0 N–H and O–H groups in total. The number of carbonyl (C=O) groups is 4. The number of esters is 1. The monoisotopic (exact) mass is 654 g/mol. The lowest BCUT2D eigenvalue weighted by atomic mass is 9.85. The second-order valence-corrected chi connectivity index (χ2v) is 12.5. The van der Waals surface area contributed by atoms with Crippen LogP contribution in [0.2, 0.25) is 5.02 Å². The van der Waals surface area contributed by atoms with Crippen molar-refractivity contribution in [3.05, 3.63) is 106 Å². The van der Waals surface area contributed by atoms with E-state index in [1.807, 2.05) is 6.07 Å². The van der Waals surface area contributed by atoms with Crippen molar-refractivity contribution >= 4 is 67.7 Å². The van der Waals surface area contributed by atoms with Gasteiger partial charge in [-0.1, -0.05) is 51.8 Å². The molecule has 214 valence electrons. The Morgan fingerprint density at radius 1 is 0.930 bits per heavy atom. The fraction of sp³-hybridized carbons (Fsp3) is 0.206. The number of pyridine rings is 1. The van der Waals surface area contributed by atoms with Crippen molar-refractivity contribution in [1.82, 2.24) is 4.98 Å². The largest absolute Gasteiger partial charge is 0.451 e. The first kappa shape index (κ1) is 27.7. The van der Waals surface area contributed by atoms with Gasteiger partial charge in [0.25, 0.3) is 0 Å². The quantitative estimate of drug-likeness (QED) is 0.0956. The summed E-state index contributed by atoms with van der Waals surface area (Å²) in [5, 5.41) is 1.06. The molecule has 9 heteroatoms. The molecule has 2 bridgehead atoms. The zero-order chi connectivity index (χ0) is 30.0. The lowest BCUT2D eigenvalue weighted by Crippen LogP contribution is -2.32. The lowest BCUT2D eigenvalue weighted by Gasteiger charge is -2.18. The van der Waals surface area contributed by atoms with Gasteiger partial charge in [-0.15, -0.1) is 0 Å². The number of hydrogen-bond acceptors (Lipinski definition) is 6. The topological polar surface area (TPSA) is 93.6 Å². The number of nitrogens with zero attached hydrogens (tertiary/aromatic N) is 2. The van der Waals surface area contributed by atoms with Crippen molar-refractivity contribution < 1.29 is 23.9 Å². The molecule has 0 unspecified atom stereocenters. The molecule has 0 spiro atoms. The van der Waals surface area contributed by atoms with Crippen molar-refractivity contribution in [1.29, 1.82) is 0 Å². The predicted molar refractivity (Wildman–Crippen MR) is 166 cm³/mol. The maximum atomic E-state index is 13.5. The first-order valence-corrected chi connectivity index (χ1v) is 15.1. The smallest absolute Gasteiger partial charge is 0.339 e. The average molecular weight is 656 g/mol. The van der Waals surface area contributed by atoms with Crippen molar-refractivity contribution in [2.45, 2.75) is 19.4 Å². The molecule has 2 heterocycles. The van der Waals surface area contributed by atoms with Gasteiger partial charge in [0.1, 0.15) is 0 Å². The molecule has 1 aliphatic heterocycles. The second-order valence-electron chi connectivity index (χ2n) is 11.2. The molecule has 7 rings (SSSR count). The molecule has 3 aliphatic rings. The van der Waals surface area contributed by atoms with E-state index in [2.05, 4.69) is 28.1 Å². The fourth-order valence-electron chi connectivity index (χ4n) is 6.58. The van der Waals surface area contributed by atoms with Gasteiger partial charge in [0.05, 0.1) is 34.3 Å². The minimum Gasteiger partial charge on any atom is -0.451 e. The Labute approximate surface area is 260 Å². The molecular formula is C34H24BrClN2O5. The van der Waals surface area contributed by atoms with Gasteiger partial charge in [-0.2, -0.15) is 0 Å². The van der Waals surface area contributed by atoms with Gasteiger partial charge < -0.3 is 4.74 Å². The van der Waals surface area contributed by atoms with Crippen LogP contribution in [0.3, 0.4) is 0 Å². The number of aromatic nitrogens is 1. The molecule has 7 nitrogen and oxygen atoms in total. The standard InChI is InChI=1S/C34H24BrClN2O5/c1-17(31(39)19-4-9-23(36)10-5-19)43-34(42)26-16-28(37-27-13-8-22(35)15-25(26)27)18-6-11-24(12-7-18)38-32(40)29-20-2-3-21(14-20)30(29)33(38)41/h2-13,15-17,20-21,29-30H,14H2,1H3/t17-,20-,21-,29-,30+/m0/s1. The fourth-order valence-corrected chi connectivity index (χ4v) is 7.07. The Balaban J connectivity index is 1.18. The lowest BCUT2D eigenvalue weighted by molar-refractivity contribution is -0.123. The van der Waals surface area contributed by atoms with Crippen LogP contribution in [0.25, 0.3) is 22.2 Å². The minimum atomic E-state index is -1.03. The summed E-state index contributed by atoms with van der Waals surface area (Å²) in [4.78, 5) is 59.0. The zero-order valence-corrected chi connectivity index (χ0v) is 25.2. The van der Waals surface area contributed by atoms with E-state index in [0.29, 0.717) is 38.4 Å². The molecule has 1 aromatic heterocycles. The normalized spacial score (nSPS) is 22.7. The molecule has 4 aromatic rings. The number of allylic oxidation sites excluding steroid dienone is 2. The van der Waals surface area contributed by atoms with Crippen LogP contribution < -0.4 is 4.90 Å². The number of ether oxygens (including phenoxy) is 1. The molecule has 2 fully saturated rings. The number of imide groups is 1. The van der Waals surface area contributed by atoms with Crippen LogP contribution in [0, 0.1) is 23.7 Å². The molecule has 0 radical (unpaired) electrons. The third-order valence-electron chi connectivity index (χ3n) is 8.66. The Morgan fingerprint density at radius 2 is 1.58 bits per heavy atom. The van der Waals surface area contributed by atoms with Crippen LogP contribution in [-0.4, -0.2) is 34.7 Å². The summed E-state index contributed by atoms with van der Waals surface area (Å²) < 4.78 is 6.40. The zero-order valence-electron chi connectivity index (χ0n) is 22.9. The summed E-state index contributed by atoms with van der Waals surface area (Å²) >= 11 is 9.40. The Hall–Kier alpha value is -4.14. The van der Waals surface area contributed by atoms with Gasteiger partial charge in [0.2, 0.25) is 17.6 Å². The maximum absolute atomic E-state index is 13.5. The number of rotatable bonds is 6. The van der Waals surface area contributed by atoms with Crippen molar-refractivity contribution in [2.75, 3.05) is 4.90 Å². The number of carbonyl (C=O) groups excluding carboxylic acids is 4. The number of benzene rings is 3. The first-order chi connectivity index (χ1) is 20.7. The van der Waals surface area contributed by atoms with Gasteiger partial charge >= 0.3 is 5.97 Å². The summed E-state index contributed by atoms with van der Waals surface area (Å²) in [6.45, 7) is 1.53. The molecule has 5 atom stereocenters. The molecule has 1 saturated heterocycles. The van der Waals surface area contributed by atoms with Crippen LogP contribution in [0.5, 0.6) is 0 Å². The second kappa shape index (κ2) is 10.5. The van der Waals surface area contributed by atoms with Crippen LogP contribution in [0.15, 0.2) is 89.4 Å². The maximum Gasteiger partial charge on any atom is 0.339 e. The number of hydrogen-bond donors (Lipinski definition) is 0. The van der Waals surface area contributed by atoms with Crippen molar-refractivity contribution in [2.24, 2.45) is 23.7 Å². The van der Waals surface area contributed by atoms with E-state index in [4.69, 9.17) is 21.3 Å². The van der Waals surface area contributed by atoms with Gasteiger partial charge in [0.15, 0.2) is 6.10 Å². The number of ketones is 1. The number of fused-ring (bicyclic) bond motifs is 6. The van der Waals surface area contributed by atoms with E-state index >= 15 is 0 Å². The number of Topliss-reactive ketones (excluding diaryl/α,β-unsaturated/α-hetero) is 1. The molecule has 1 saturated carbocycles. The predicted octanol–water partition coefficient (Wildman–Crippen LogP) is 7.06. The SMILES string of the molecule is C[C@H](OC(=O)c1cc(-c2ccc(N3C(=O)[C@@H]4[C@H](C3=O)[C@H]3C=C[C@H]4C3)cc2)nc2ccc(Br)cc12)C(=O)c1ccc(Cl)cc1. The van der Waals surface area contributed by atoms with Crippen LogP contribution in [-0.2, 0) is 14.3 Å². The number of halogens is 2. The highest BCUT2D eigenvalue weighted by Crippen LogP contribution is 2.53. The van der Waals surface area contributed by atoms with Crippen LogP contribution in [0.1, 0.15) is 34.1 Å². The van der Waals surface area contributed by atoms with Crippen molar-refractivity contribution in [3.63, 3.8) is 0 Å². The highest BCUT2D eigenvalue weighted by atomic mass is 79.9. The molecule has 43 heavy (non-hydrogen) atoms. The Bertz CT molecular complexity index is 1840. The summed E-state index contributed by atoms with van der Waals surface area (Å²) in [5.41, 5.74) is 2.91. The van der Waals surface area contributed by atoms with E-state index in [9.17, 15) is 19.2 Å². The third kappa shape index (κ3) is 4.69. The van der Waals surface area contributed by atoms with E-state index in [0.717, 1.165) is 10.9 Å². The van der Waals surface area contributed by atoms with Crippen LogP contribution in [0.4, 0.5) is 5.69 Å². The van der Waals surface area contributed by atoms with Gasteiger partial charge in [-0.25, -0.2) is 9.78 Å². The van der Waals surface area contributed by atoms with E-state index in [1.54, 1.807) is 66.7 Å². The van der Waals surface area contributed by atoms with Gasteiger partial charge in [-0.3, -0.25) is 19.3 Å².